The lowest BCUT2D eigenvalue weighted by molar-refractivity contribution is 0.348. The van der Waals surface area contributed by atoms with Crippen LogP contribution in [0.5, 0.6) is 0 Å². The van der Waals surface area contributed by atoms with Gasteiger partial charge < -0.3 is 0 Å². The Morgan fingerprint density at radius 2 is 1.57 bits per heavy atom. The summed E-state index contributed by atoms with van der Waals surface area (Å²) in [4.78, 5) is 0. The predicted octanol–water partition coefficient (Wildman–Crippen LogP) is 2.04. The Bertz CT molecular complexity index is 280. The van der Waals surface area contributed by atoms with E-state index in [1.807, 2.05) is 0 Å². The van der Waals surface area contributed by atoms with E-state index in [4.69, 9.17) is 4.18 Å². The van der Waals surface area contributed by atoms with Crippen LogP contribution in [0.2, 0.25) is 0 Å². The molecule has 0 bridgehead atoms. The van der Waals surface area contributed by atoms with Crippen LogP contribution in [0, 0.1) is 0 Å². The molecular weight excluding hydrogens is 200 g/mol. The minimum Gasteiger partial charge on any atom is -0.266 e. The fourth-order valence-electron chi connectivity index (χ4n) is 0.943. The smallest absolute Gasteiger partial charge is 0.266 e. The van der Waals surface area contributed by atoms with E-state index < -0.39 is 15.4 Å². The van der Waals surface area contributed by atoms with Gasteiger partial charge in [-0.2, -0.15) is 8.42 Å². The second kappa shape index (κ2) is 6.56. The van der Waals surface area contributed by atoms with Gasteiger partial charge in [-0.1, -0.05) is 18.2 Å². The van der Waals surface area contributed by atoms with E-state index in [1.165, 1.54) is 6.08 Å². The Labute approximate surface area is 85.9 Å². The standard InChI is InChI=1S/C10H16O3S/c1-4-7-10(8-5-2)14(11,12)13-9-6-3/h4-6,10H,1-3,7-9H2. The number of hydrogen-bond donors (Lipinski definition) is 0. The lowest BCUT2D eigenvalue weighted by Crippen LogP contribution is -2.22. The molecule has 80 valence electrons. The van der Waals surface area contributed by atoms with Crippen molar-refractivity contribution in [1.29, 1.82) is 0 Å². The molecule has 0 aliphatic heterocycles. The summed E-state index contributed by atoms with van der Waals surface area (Å²) in [7, 11) is -3.52. The molecule has 3 nitrogen and oxygen atoms in total. The number of allylic oxidation sites excluding steroid dienone is 2. The molecule has 0 aliphatic carbocycles. The first-order chi connectivity index (χ1) is 6.58. The Morgan fingerprint density at radius 3 is 1.93 bits per heavy atom. The Kier molecular flexibility index (Phi) is 6.16. The monoisotopic (exact) mass is 216 g/mol. The highest BCUT2D eigenvalue weighted by molar-refractivity contribution is 7.87. The summed E-state index contributed by atoms with van der Waals surface area (Å²) < 4.78 is 27.7. The van der Waals surface area contributed by atoms with Crippen LogP contribution >= 0.6 is 0 Å². The van der Waals surface area contributed by atoms with E-state index in [0.717, 1.165) is 0 Å². The maximum Gasteiger partial charge on any atom is 0.271 e. The first-order valence-corrected chi connectivity index (χ1v) is 5.76. The highest BCUT2D eigenvalue weighted by atomic mass is 32.2. The first-order valence-electron chi connectivity index (χ1n) is 4.29. The molecule has 0 aromatic heterocycles. The maximum absolute atomic E-state index is 11.5. The minimum atomic E-state index is -3.52. The summed E-state index contributed by atoms with van der Waals surface area (Å²) in [6, 6.07) is 0. The zero-order valence-electron chi connectivity index (χ0n) is 8.19. The van der Waals surface area contributed by atoms with E-state index in [-0.39, 0.29) is 6.61 Å². The molecule has 0 saturated carbocycles. The third-order valence-corrected chi connectivity index (χ3v) is 3.28. The highest BCUT2D eigenvalue weighted by Gasteiger charge is 2.23. The van der Waals surface area contributed by atoms with Crippen LogP contribution in [-0.4, -0.2) is 20.3 Å². The molecule has 0 atom stereocenters. The molecular formula is C10H16O3S. The molecule has 0 unspecified atom stereocenters. The highest BCUT2D eigenvalue weighted by Crippen LogP contribution is 2.13. The fraction of sp³-hybridized carbons (Fsp3) is 0.400. The lowest BCUT2D eigenvalue weighted by Gasteiger charge is -2.12. The van der Waals surface area contributed by atoms with Crippen molar-refractivity contribution in [2.45, 2.75) is 18.1 Å². The molecule has 0 rings (SSSR count). The van der Waals surface area contributed by atoms with Crippen LogP contribution in [0.3, 0.4) is 0 Å². The molecule has 0 radical (unpaired) electrons. The molecule has 0 aromatic rings. The van der Waals surface area contributed by atoms with Crippen molar-refractivity contribution in [2.24, 2.45) is 0 Å². The molecule has 0 aromatic carbocycles. The van der Waals surface area contributed by atoms with E-state index in [2.05, 4.69) is 19.7 Å². The van der Waals surface area contributed by atoms with Gasteiger partial charge >= 0.3 is 0 Å². The second-order valence-electron chi connectivity index (χ2n) is 2.74. The summed E-state index contributed by atoms with van der Waals surface area (Å²) >= 11 is 0. The Morgan fingerprint density at radius 1 is 1.07 bits per heavy atom. The van der Waals surface area contributed by atoms with Crippen molar-refractivity contribution in [3.63, 3.8) is 0 Å². The molecule has 4 heteroatoms. The molecule has 0 N–H and O–H groups in total. The zero-order chi connectivity index (χ0) is 11.0. The van der Waals surface area contributed by atoms with E-state index in [0.29, 0.717) is 12.8 Å². The van der Waals surface area contributed by atoms with E-state index in [9.17, 15) is 8.42 Å². The van der Waals surface area contributed by atoms with Gasteiger partial charge in [0.05, 0.1) is 11.9 Å². The third-order valence-electron chi connectivity index (χ3n) is 1.62. The summed E-state index contributed by atoms with van der Waals surface area (Å²) in [6.45, 7) is 10.4. The fourth-order valence-corrected chi connectivity index (χ4v) is 2.16. The quantitative estimate of drug-likeness (QED) is 0.460. The normalized spacial score (nSPS) is 11.2. The molecule has 0 fully saturated rings. The van der Waals surface area contributed by atoms with E-state index in [1.54, 1.807) is 12.2 Å². The van der Waals surface area contributed by atoms with E-state index >= 15 is 0 Å². The molecule has 0 aliphatic rings. The Hall–Kier alpha value is -0.870. The molecule has 0 saturated heterocycles. The van der Waals surface area contributed by atoms with Crippen molar-refractivity contribution in [1.82, 2.24) is 0 Å². The van der Waals surface area contributed by atoms with Crippen molar-refractivity contribution in [3.05, 3.63) is 38.0 Å². The molecule has 14 heavy (non-hydrogen) atoms. The van der Waals surface area contributed by atoms with Gasteiger partial charge in [0.1, 0.15) is 0 Å². The second-order valence-corrected chi connectivity index (χ2v) is 4.62. The van der Waals surface area contributed by atoms with Crippen molar-refractivity contribution in [3.8, 4) is 0 Å². The number of hydrogen-bond acceptors (Lipinski definition) is 3. The van der Waals surface area contributed by atoms with Crippen LogP contribution in [0.4, 0.5) is 0 Å². The van der Waals surface area contributed by atoms with Gasteiger partial charge in [-0.05, 0) is 12.8 Å². The van der Waals surface area contributed by atoms with Crippen molar-refractivity contribution < 1.29 is 12.6 Å². The van der Waals surface area contributed by atoms with Crippen molar-refractivity contribution >= 4 is 10.1 Å². The topological polar surface area (TPSA) is 43.4 Å². The average Bonchev–Trinajstić information content (AvgIpc) is 2.14. The maximum atomic E-state index is 11.5. The van der Waals surface area contributed by atoms with Crippen LogP contribution in [-0.2, 0) is 14.3 Å². The summed E-state index contributed by atoms with van der Waals surface area (Å²) in [5.74, 6) is 0. The van der Waals surface area contributed by atoms with Gasteiger partial charge in [0.25, 0.3) is 10.1 Å². The van der Waals surface area contributed by atoms with Gasteiger partial charge in [-0.3, -0.25) is 4.18 Å². The van der Waals surface area contributed by atoms with Gasteiger partial charge in [-0.25, -0.2) is 0 Å². The average molecular weight is 216 g/mol. The van der Waals surface area contributed by atoms with Crippen LogP contribution in [0.1, 0.15) is 12.8 Å². The SMILES string of the molecule is C=CCOS(=O)(=O)C(CC=C)CC=C. The first kappa shape index (κ1) is 13.1. The van der Waals surface area contributed by atoms with Gasteiger partial charge in [0.2, 0.25) is 0 Å². The summed E-state index contributed by atoms with van der Waals surface area (Å²) in [5.41, 5.74) is 0. The Balaban J connectivity index is 4.51. The van der Waals surface area contributed by atoms with Crippen LogP contribution in [0.15, 0.2) is 38.0 Å². The summed E-state index contributed by atoms with van der Waals surface area (Å²) in [5, 5.41) is -0.586. The number of rotatable bonds is 8. The van der Waals surface area contributed by atoms with Gasteiger partial charge in [0.15, 0.2) is 0 Å². The lowest BCUT2D eigenvalue weighted by atomic mass is 10.2. The van der Waals surface area contributed by atoms with Crippen molar-refractivity contribution in [2.75, 3.05) is 6.61 Å². The molecule has 0 spiro atoms. The van der Waals surface area contributed by atoms with Gasteiger partial charge in [-0.15, -0.1) is 19.7 Å². The minimum absolute atomic E-state index is 0.00706. The molecule has 0 amide bonds. The predicted molar refractivity (Wildman–Crippen MR) is 58.5 cm³/mol. The molecule has 0 heterocycles. The third kappa shape index (κ3) is 4.39. The summed E-state index contributed by atoms with van der Waals surface area (Å²) in [6.07, 6.45) is 5.25. The zero-order valence-corrected chi connectivity index (χ0v) is 9.00. The van der Waals surface area contributed by atoms with Crippen LogP contribution in [0.25, 0.3) is 0 Å². The van der Waals surface area contributed by atoms with Gasteiger partial charge in [0, 0.05) is 0 Å². The largest absolute Gasteiger partial charge is 0.271 e. The van der Waals surface area contributed by atoms with Crippen LogP contribution < -0.4 is 0 Å².